The van der Waals surface area contributed by atoms with Crippen molar-refractivity contribution in [3.05, 3.63) is 48.4 Å². The van der Waals surface area contributed by atoms with Gasteiger partial charge in [0.1, 0.15) is 17.1 Å². The number of rotatable bonds is 7. The molecule has 0 radical (unpaired) electrons. The summed E-state index contributed by atoms with van der Waals surface area (Å²) < 4.78 is 37.6. The molecule has 3 rings (SSSR count). The monoisotopic (exact) mass is 337 g/mol. The third kappa shape index (κ3) is 3.26. The smallest absolute Gasteiger partial charge is 0.240 e. The second-order valence-corrected chi connectivity index (χ2v) is 7.44. The van der Waals surface area contributed by atoms with Crippen molar-refractivity contribution >= 4 is 10.0 Å². The summed E-state index contributed by atoms with van der Waals surface area (Å²) in [4.78, 5) is 0.121. The van der Waals surface area contributed by atoms with Gasteiger partial charge in [-0.1, -0.05) is 0 Å². The van der Waals surface area contributed by atoms with Gasteiger partial charge in [0.05, 0.1) is 18.3 Å². The van der Waals surface area contributed by atoms with Crippen LogP contribution in [0.1, 0.15) is 18.6 Å². The number of methoxy groups -OCH3 is 1. The normalized spacial score (nSPS) is 17.7. The molecule has 1 aromatic carbocycles. The predicted molar refractivity (Wildman–Crippen MR) is 83.5 cm³/mol. The molecule has 0 saturated heterocycles. The quantitative estimate of drug-likeness (QED) is 0.805. The first-order valence-corrected chi connectivity index (χ1v) is 8.84. The molecule has 1 aliphatic rings. The predicted octanol–water partition coefficient (Wildman–Crippen LogP) is 1.86. The third-order valence-electron chi connectivity index (χ3n) is 4.10. The van der Waals surface area contributed by atoms with E-state index in [-0.39, 0.29) is 17.4 Å². The van der Waals surface area contributed by atoms with Gasteiger partial charge in [0.25, 0.3) is 0 Å². The van der Waals surface area contributed by atoms with E-state index in [0.29, 0.717) is 11.5 Å². The summed E-state index contributed by atoms with van der Waals surface area (Å²) in [6.07, 6.45) is 3.17. The van der Waals surface area contributed by atoms with Gasteiger partial charge in [-0.15, -0.1) is 0 Å². The number of benzene rings is 1. The molecule has 6 nitrogen and oxygen atoms in total. The van der Waals surface area contributed by atoms with Gasteiger partial charge >= 0.3 is 0 Å². The summed E-state index contributed by atoms with van der Waals surface area (Å²) in [5, 5.41) is 10.9. The molecular weight excluding hydrogens is 318 g/mol. The Bertz CT molecular complexity index is 750. The molecule has 2 N–H and O–H groups in total. The zero-order valence-corrected chi connectivity index (χ0v) is 13.5. The summed E-state index contributed by atoms with van der Waals surface area (Å²) in [6.45, 7) is -0.125. The molecular formula is C16H19NO5S. The van der Waals surface area contributed by atoms with Gasteiger partial charge in [0.2, 0.25) is 10.0 Å². The molecule has 124 valence electrons. The van der Waals surface area contributed by atoms with Crippen LogP contribution in [-0.4, -0.2) is 27.2 Å². The van der Waals surface area contributed by atoms with Crippen molar-refractivity contribution in [2.24, 2.45) is 5.92 Å². The van der Waals surface area contributed by atoms with Gasteiger partial charge in [0, 0.05) is 6.54 Å². The first-order chi connectivity index (χ1) is 11.0. The molecule has 0 aliphatic heterocycles. The van der Waals surface area contributed by atoms with E-state index in [0.717, 1.165) is 12.8 Å². The van der Waals surface area contributed by atoms with Crippen LogP contribution in [0.25, 0.3) is 0 Å². The van der Waals surface area contributed by atoms with Crippen LogP contribution >= 0.6 is 0 Å². The maximum absolute atomic E-state index is 12.4. The number of nitrogens with one attached hydrogen (secondary N) is 1. The highest BCUT2D eigenvalue weighted by Gasteiger charge is 2.47. The second kappa shape index (κ2) is 5.99. The Hall–Kier alpha value is -1.83. The molecule has 2 aromatic rings. The molecule has 1 aliphatic carbocycles. The molecule has 1 saturated carbocycles. The van der Waals surface area contributed by atoms with Crippen molar-refractivity contribution < 1.29 is 22.7 Å². The molecule has 1 aromatic heterocycles. The summed E-state index contributed by atoms with van der Waals surface area (Å²) in [5.41, 5.74) is -1.32. The van der Waals surface area contributed by atoms with E-state index in [1.807, 2.05) is 0 Å². The van der Waals surface area contributed by atoms with E-state index in [2.05, 4.69) is 4.72 Å². The fraction of sp³-hybridized carbons (Fsp3) is 0.375. The van der Waals surface area contributed by atoms with Crippen LogP contribution in [0.3, 0.4) is 0 Å². The van der Waals surface area contributed by atoms with Gasteiger partial charge in [-0.05, 0) is 55.2 Å². The van der Waals surface area contributed by atoms with Crippen molar-refractivity contribution in [1.82, 2.24) is 4.72 Å². The summed E-state index contributed by atoms with van der Waals surface area (Å²) in [7, 11) is -2.21. The maximum Gasteiger partial charge on any atom is 0.240 e. The van der Waals surface area contributed by atoms with Crippen LogP contribution in [0.15, 0.2) is 52.0 Å². The van der Waals surface area contributed by atoms with Crippen LogP contribution in [0.5, 0.6) is 5.75 Å². The van der Waals surface area contributed by atoms with E-state index in [1.165, 1.54) is 25.5 Å². The van der Waals surface area contributed by atoms with Crippen molar-refractivity contribution in [3.63, 3.8) is 0 Å². The summed E-state index contributed by atoms with van der Waals surface area (Å²) in [5.74, 6) is 0.971. The highest BCUT2D eigenvalue weighted by Crippen LogP contribution is 2.45. The van der Waals surface area contributed by atoms with E-state index in [4.69, 9.17) is 9.15 Å². The Morgan fingerprint density at radius 2 is 2.00 bits per heavy atom. The van der Waals surface area contributed by atoms with Gasteiger partial charge in [-0.2, -0.15) is 0 Å². The lowest BCUT2D eigenvalue weighted by Gasteiger charge is -2.26. The zero-order valence-electron chi connectivity index (χ0n) is 12.7. The number of ether oxygens (including phenoxy) is 1. The average Bonchev–Trinajstić information content (AvgIpc) is 3.28. The van der Waals surface area contributed by atoms with Crippen LogP contribution in [-0.2, 0) is 15.6 Å². The van der Waals surface area contributed by atoms with Crippen molar-refractivity contribution in [2.45, 2.75) is 23.3 Å². The minimum Gasteiger partial charge on any atom is -0.497 e. The molecule has 0 spiro atoms. The van der Waals surface area contributed by atoms with Crippen molar-refractivity contribution in [1.29, 1.82) is 0 Å². The van der Waals surface area contributed by atoms with Gasteiger partial charge in [-0.3, -0.25) is 0 Å². The number of sulfonamides is 1. The standard InChI is InChI=1S/C16H19NO5S/c1-21-13-6-8-14(9-7-13)23(19,20)17-11-16(18,12-4-5-12)15-3-2-10-22-15/h2-3,6-10,12,17-18H,4-5,11H2,1H3. The highest BCUT2D eigenvalue weighted by molar-refractivity contribution is 7.89. The van der Waals surface area contributed by atoms with E-state index in [1.54, 1.807) is 24.3 Å². The fourth-order valence-corrected chi connectivity index (χ4v) is 3.63. The van der Waals surface area contributed by atoms with Crippen LogP contribution in [0.4, 0.5) is 0 Å². The van der Waals surface area contributed by atoms with Crippen LogP contribution < -0.4 is 9.46 Å². The SMILES string of the molecule is COc1ccc(S(=O)(=O)NCC(O)(c2ccco2)C2CC2)cc1. The Kier molecular flexibility index (Phi) is 4.18. The molecule has 0 amide bonds. The lowest BCUT2D eigenvalue weighted by atomic mass is 9.95. The number of hydrogen-bond donors (Lipinski definition) is 2. The van der Waals surface area contributed by atoms with Crippen molar-refractivity contribution in [2.75, 3.05) is 13.7 Å². The Labute approximate surface area is 135 Å². The van der Waals surface area contributed by atoms with Crippen LogP contribution in [0, 0.1) is 5.92 Å². The third-order valence-corrected chi connectivity index (χ3v) is 5.52. The fourth-order valence-electron chi connectivity index (χ4n) is 2.56. The summed E-state index contributed by atoms with van der Waals surface area (Å²) >= 11 is 0. The lowest BCUT2D eigenvalue weighted by molar-refractivity contribution is -0.00224. The number of hydrogen-bond acceptors (Lipinski definition) is 5. The van der Waals surface area contributed by atoms with E-state index in [9.17, 15) is 13.5 Å². The minimum atomic E-state index is -3.72. The zero-order chi connectivity index (χ0) is 16.5. The topological polar surface area (TPSA) is 88.8 Å². The Balaban J connectivity index is 1.77. The molecule has 1 fully saturated rings. The summed E-state index contributed by atoms with van der Waals surface area (Å²) in [6, 6.07) is 9.43. The molecule has 23 heavy (non-hydrogen) atoms. The lowest BCUT2D eigenvalue weighted by Crippen LogP contribution is -2.42. The molecule has 1 unspecified atom stereocenters. The maximum atomic E-state index is 12.4. The van der Waals surface area contributed by atoms with Crippen LogP contribution in [0.2, 0.25) is 0 Å². The number of furan rings is 1. The average molecular weight is 337 g/mol. The highest BCUT2D eigenvalue weighted by atomic mass is 32.2. The molecule has 1 heterocycles. The second-order valence-electron chi connectivity index (χ2n) is 5.68. The largest absolute Gasteiger partial charge is 0.497 e. The Morgan fingerprint density at radius 1 is 1.30 bits per heavy atom. The van der Waals surface area contributed by atoms with E-state index < -0.39 is 15.6 Å². The Morgan fingerprint density at radius 3 is 2.52 bits per heavy atom. The molecule has 0 bridgehead atoms. The van der Waals surface area contributed by atoms with Crippen molar-refractivity contribution in [3.8, 4) is 5.75 Å². The number of aliphatic hydroxyl groups is 1. The molecule has 1 atom stereocenters. The van der Waals surface area contributed by atoms with Gasteiger partial charge in [0.15, 0.2) is 0 Å². The minimum absolute atomic E-state index is 0.00668. The van der Waals surface area contributed by atoms with Gasteiger partial charge in [-0.25, -0.2) is 13.1 Å². The first kappa shape index (κ1) is 16.0. The first-order valence-electron chi connectivity index (χ1n) is 7.36. The molecule has 7 heteroatoms. The van der Waals surface area contributed by atoms with E-state index >= 15 is 0 Å². The van der Waals surface area contributed by atoms with Gasteiger partial charge < -0.3 is 14.3 Å².